The van der Waals surface area contributed by atoms with E-state index in [0.717, 1.165) is 0 Å². The van der Waals surface area contributed by atoms with Crippen LogP contribution in [0.5, 0.6) is 0 Å². The fraction of sp³-hybridized carbons (Fsp3) is 0.720. The van der Waals surface area contributed by atoms with Crippen LogP contribution in [0.15, 0.2) is 23.8 Å². The summed E-state index contributed by atoms with van der Waals surface area (Å²) < 4.78 is 23.1. The third kappa shape index (κ3) is 2.68. The number of ether oxygens (including phenoxy) is 1. The summed E-state index contributed by atoms with van der Waals surface area (Å²) in [5, 5.41) is 11.4. The smallest absolute Gasteiger partial charge is 0.306 e. The van der Waals surface area contributed by atoms with E-state index in [1.165, 1.54) is 12.2 Å². The highest BCUT2D eigenvalue weighted by Gasteiger charge is 2.77. The number of carbonyl (C=O) groups excluding carboxylic acids is 3. The van der Waals surface area contributed by atoms with Crippen molar-refractivity contribution in [3.8, 4) is 0 Å². The number of aliphatic hydroxyl groups excluding tert-OH is 1. The summed E-state index contributed by atoms with van der Waals surface area (Å²) >= 11 is 6.01. The molecule has 3 saturated carbocycles. The van der Waals surface area contributed by atoms with Gasteiger partial charge < -0.3 is 9.84 Å². The van der Waals surface area contributed by atoms with Crippen molar-refractivity contribution in [3.05, 3.63) is 23.8 Å². The predicted molar refractivity (Wildman–Crippen MR) is 118 cm³/mol. The summed E-state index contributed by atoms with van der Waals surface area (Å²) in [5.41, 5.74) is -4.83. The van der Waals surface area contributed by atoms with Crippen LogP contribution in [0.4, 0.5) is 4.39 Å². The number of aliphatic hydroxyl groups is 1. The van der Waals surface area contributed by atoms with Crippen LogP contribution in [0.2, 0.25) is 0 Å². The van der Waals surface area contributed by atoms with Crippen LogP contribution in [0.1, 0.15) is 59.8 Å². The van der Waals surface area contributed by atoms with Gasteiger partial charge in [0, 0.05) is 29.1 Å². The van der Waals surface area contributed by atoms with E-state index in [9.17, 15) is 19.5 Å². The number of carbonyl (C=O) groups is 3. The number of esters is 1. The zero-order valence-corrected chi connectivity index (χ0v) is 19.9. The molecule has 4 aliphatic rings. The van der Waals surface area contributed by atoms with Crippen LogP contribution in [-0.4, -0.2) is 45.9 Å². The largest absolute Gasteiger partial charge is 0.450 e. The van der Waals surface area contributed by atoms with E-state index in [1.807, 2.05) is 13.8 Å². The lowest BCUT2D eigenvalue weighted by Crippen LogP contribution is -2.70. The molecule has 5 nitrogen and oxygen atoms in total. The molecule has 0 spiro atoms. The van der Waals surface area contributed by atoms with Crippen molar-refractivity contribution < 1.29 is 28.6 Å². The van der Waals surface area contributed by atoms with E-state index >= 15 is 4.39 Å². The molecule has 0 saturated heterocycles. The Labute approximate surface area is 193 Å². The maximum atomic E-state index is 17.2. The van der Waals surface area contributed by atoms with Gasteiger partial charge in [-0.3, -0.25) is 14.4 Å². The first-order valence-corrected chi connectivity index (χ1v) is 12.1. The molecule has 176 valence electrons. The molecule has 3 unspecified atom stereocenters. The van der Waals surface area contributed by atoms with Crippen LogP contribution < -0.4 is 0 Å². The van der Waals surface area contributed by atoms with Crippen LogP contribution in [0, 0.1) is 28.6 Å². The number of hydrogen-bond donors (Lipinski definition) is 1. The molecular weight excluding hydrogens is 435 g/mol. The summed E-state index contributed by atoms with van der Waals surface area (Å²) in [6, 6.07) is 0. The number of allylic oxidation sites excluding steroid dienone is 4. The van der Waals surface area contributed by atoms with E-state index in [1.54, 1.807) is 19.9 Å². The second kappa shape index (κ2) is 7.49. The van der Waals surface area contributed by atoms with Crippen molar-refractivity contribution in [2.75, 3.05) is 5.88 Å². The zero-order valence-electron chi connectivity index (χ0n) is 19.1. The molecule has 0 aromatic heterocycles. The molecule has 4 rings (SSSR count). The van der Waals surface area contributed by atoms with Gasteiger partial charge in [-0.05, 0) is 50.7 Å². The molecule has 0 aromatic rings. The topological polar surface area (TPSA) is 80.7 Å². The van der Waals surface area contributed by atoms with Gasteiger partial charge in [0.1, 0.15) is 0 Å². The van der Waals surface area contributed by atoms with Crippen molar-refractivity contribution in [2.24, 2.45) is 28.6 Å². The molecule has 0 amide bonds. The molecule has 0 aliphatic heterocycles. The monoisotopic (exact) mass is 466 g/mol. The first-order valence-electron chi connectivity index (χ1n) is 11.5. The van der Waals surface area contributed by atoms with Crippen LogP contribution in [0.3, 0.4) is 0 Å². The minimum atomic E-state index is -1.99. The van der Waals surface area contributed by atoms with Gasteiger partial charge in [0.2, 0.25) is 0 Å². The number of Topliss-reactive ketones (excluding diaryl/α,β-unsaturated/α-hetero) is 1. The normalized spacial score (nSPS) is 47.2. The van der Waals surface area contributed by atoms with Crippen LogP contribution in [0.25, 0.3) is 0 Å². The fourth-order valence-electron chi connectivity index (χ4n) is 7.75. The number of fused-ring (bicyclic) bond motifs is 5. The Balaban J connectivity index is 1.85. The Morgan fingerprint density at radius 1 is 1.31 bits per heavy atom. The molecule has 1 N–H and O–H groups in total. The quantitative estimate of drug-likeness (QED) is 0.498. The molecule has 0 bridgehead atoms. The van der Waals surface area contributed by atoms with Crippen molar-refractivity contribution in [1.82, 2.24) is 0 Å². The third-order valence-corrected chi connectivity index (χ3v) is 9.52. The van der Waals surface area contributed by atoms with Crippen LogP contribution in [-0.2, 0) is 19.1 Å². The SMILES string of the molecule is CCC(=O)O[C@]1(C(=O)CCl)[C@@H](C)CC2C3CCC4=CC(=O)C=C[C@]4(C)C3(F)[C@@H](O)C[C@@]21C. The average molecular weight is 467 g/mol. The first-order chi connectivity index (χ1) is 14.9. The van der Waals surface area contributed by atoms with Gasteiger partial charge >= 0.3 is 5.97 Å². The van der Waals surface area contributed by atoms with E-state index in [2.05, 4.69) is 0 Å². The molecule has 0 radical (unpaired) electrons. The van der Waals surface area contributed by atoms with Gasteiger partial charge in [-0.15, -0.1) is 11.6 Å². The lowest BCUT2D eigenvalue weighted by atomic mass is 9.44. The fourth-order valence-corrected chi connectivity index (χ4v) is 7.95. The highest BCUT2D eigenvalue weighted by atomic mass is 35.5. The number of hydrogen-bond acceptors (Lipinski definition) is 5. The predicted octanol–water partition coefficient (Wildman–Crippen LogP) is 4.10. The van der Waals surface area contributed by atoms with E-state index in [4.69, 9.17) is 16.3 Å². The minimum absolute atomic E-state index is 0.0285. The Hall–Kier alpha value is -1.53. The molecule has 8 atom stereocenters. The first kappa shape index (κ1) is 23.6. The zero-order chi connectivity index (χ0) is 23.7. The van der Waals surface area contributed by atoms with Crippen molar-refractivity contribution >= 4 is 29.1 Å². The molecule has 4 aliphatic carbocycles. The summed E-state index contributed by atoms with van der Waals surface area (Å²) in [6.07, 6.45) is 4.67. The Morgan fingerprint density at radius 2 is 2.00 bits per heavy atom. The highest BCUT2D eigenvalue weighted by molar-refractivity contribution is 6.29. The number of halogens is 2. The third-order valence-electron chi connectivity index (χ3n) is 9.28. The number of alkyl halides is 2. The number of ketones is 2. The second-order valence-electron chi connectivity index (χ2n) is 10.5. The van der Waals surface area contributed by atoms with E-state index in [0.29, 0.717) is 24.8 Å². The van der Waals surface area contributed by atoms with E-state index in [-0.39, 0.29) is 42.1 Å². The lowest BCUT2D eigenvalue weighted by Gasteiger charge is -2.62. The molecule has 32 heavy (non-hydrogen) atoms. The summed E-state index contributed by atoms with van der Waals surface area (Å²) in [7, 11) is 0. The molecule has 0 heterocycles. The highest BCUT2D eigenvalue weighted by Crippen LogP contribution is 2.71. The van der Waals surface area contributed by atoms with Gasteiger partial charge in [0.25, 0.3) is 0 Å². The Kier molecular flexibility index (Phi) is 5.53. The standard InChI is InChI=1S/C25H32ClFO5/c1-5-21(31)32-25(20(30)13-26)14(2)10-18-17-7-6-15-11-16(28)8-9-22(15,3)24(17,27)19(29)12-23(18,25)4/h8-9,11,14,17-19,29H,5-7,10,12-13H2,1-4H3/t14-,17?,18?,19-,22-,23-,24?,25-/m0/s1. The number of rotatable bonds is 4. The van der Waals surface area contributed by atoms with Gasteiger partial charge in [-0.2, -0.15) is 0 Å². The Morgan fingerprint density at radius 3 is 2.62 bits per heavy atom. The molecule has 3 fully saturated rings. The van der Waals surface area contributed by atoms with Gasteiger partial charge in [-0.25, -0.2) is 4.39 Å². The van der Waals surface area contributed by atoms with Crippen molar-refractivity contribution in [2.45, 2.75) is 77.2 Å². The maximum Gasteiger partial charge on any atom is 0.306 e. The van der Waals surface area contributed by atoms with Crippen molar-refractivity contribution in [1.29, 1.82) is 0 Å². The van der Waals surface area contributed by atoms with Gasteiger partial charge in [-0.1, -0.05) is 32.4 Å². The van der Waals surface area contributed by atoms with Crippen LogP contribution >= 0.6 is 11.6 Å². The second-order valence-corrected chi connectivity index (χ2v) is 10.8. The van der Waals surface area contributed by atoms with Gasteiger partial charge in [0.15, 0.2) is 22.8 Å². The average Bonchev–Trinajstić information content (AvgIpc) is 2.96. The summed E-state index contributed by atoms with van der Waals surface area (Å²) in [5.74, 6) is -2.57. The molecule has 0 aromatic carbocycles. The molecular formula is C25H32ClFO5. The maximum absolute atomic E-state index is 17.2. The summed E-state index contributed by atoms with van der Waals surface area (Å²) in [4.78, 5) is 37.7. The lowest BCUT2D eigenvalue weighted by molar-refractivity contribution is -0.227. The minimum Gasteiger partial charge on any atom is -0.450 e. The van der Waals surface area contributed by atoms with Gasteiger partial charge in [0.05, 0.1) is 12.0 Å². The Bertz CT molecular complexity index is 929. The molecule has 7 heteroatoms. The van der Waals surface area contributed by atoms with Crippen molar-refractivity contribution in [3.63, 3.8) is 0 Å². The summed E-state index contributed by atoms with van der Waals surface area (Å²) in [6.45, 7) is 7.13. The van der Waals surface area contributed by atoms with E-state index < -0.39 is 40.1 Å².